The molecule has 1 atom stereocenters. The summed E-state index contributed by atoms with van der Waals surface area (Å²) in [4.78, 5) is 40.6. The van der Waals surface area contributed by atoms with Gasteiger partial charge in [-0.25, -0.2) is 0 Å². The van der Waals surface area contributed by atoms with E-state index in [-0.39, 0.29) is 24.1 Å². The standard InChI is InChI=1S/C23H33N5O3/c29-21-7-6-20(22(30)26-21)28-16-18-5-4-17(14-19(18)23(28)31)15-25-8-1-2-11-27-12-3-9-24-10-13-27/h4-5,14,20,24-25H,1-3,6-13,15-16H2,(H,26,29,30). The molecule has 31 heavy (non-hydrogen) atoms. The maximum atomic E-state index is 12.9. The maximum Gasteiger partial charge on any atom is 0.255 e. The van der Waals surface area contributed by atoms with Crippen LogP contribution in [-0.4, -0.2) is 72.8 Å². The van der Waals surface area contributed by atoms with Gasteiger partial charge in [-0.05, 0) is 69.1 Å². The first-order chi connectivity index (χ1) is 15.1. The van der Waals surface area contributed by atoms with Gasteiger partial charge >= 0.3 is 0 Å². The molecule has 0 aliphatic carbocycles. The minimum absolute atomic E-state index is 0.113. The van der Waals surface area contributed by atoms with Gasteiger partial charge < -0.3 is 20.4 Å². The maximum absolute atomic E-state index is 12.9. The van der Waals surface area contributed by atoms with Crippen LogP contribution in [-0.2, 0) is 22.7 Å². The normalized spacial score (nSPS) is 22.4. The summed E-state index contributed by atoms with van der Waals surface area (Å²) in [6.07, 6.45) is 4.23. The first-order valence-corrected chi connectivity index (χ1v) is 11.5. The second-order valence-corrected chi connectivity index (χ2v) is 8.72. The summed E-state index contributed by atoms with van der Waals surface area (Å²) in [7, 11) is 0. The van der Waals surface area contributed by atoms with Crippen molar-refractivity contribution in [2.45, 2.75) is 51.2 Å². The van der Waals surface area contributed by atoms with Crippen molar-refractivity contribution in [1.29, 1.82) is 0 Å². The zero-order chi connectivity index (χ0) is 21.6. The number of nitrogens with one attached hydrogen (secondary N) is 3. The summed E-state index contributed by atoms with van der Waals surface area (Å²) in [6.45, 7) is 7.84. The summed E-state index contributed by atoms with van der Waals surface area (Å²) in [6, 6.07) is 5.43. The third kappa shape index (κ3) is 5.50. The smallest absolute Gasteiger partial charge is 0.255 e. The number of fused-ring (bicyclic) bond motifs is 1. The molecule has 168 valence electrons. The molecule has 1 aromatic carbocycles. The highest BCUT2D eigenvalue weighted by atomic mass is 16.2. The highest BCUT2D eigenvalue weighted by Gasteiger charge is 2.39. The van der Waals surface area contributed by atoms with Crippen LogP contribution < -0.4 is 16.0 Å². The minimum Gasteiger partial charge on any atom is -0.322 e. The molecule has 0 aromatic heterocycles. The lowest BCUT2D eigenvalue weighted by atomic mass is 10.0. The van der Waals surface area contributed by atoms with Gasteiger partial charge in [0.05, 0.1) is 0 Å². The summed E-state index contributed by atoms with van der Waals surface area (Å²) in [5.74, 6) is -0.740. The Labute approximate surface area is 183 Å². The Morgan fingerprint density at radius 1 is 1.10 bits per heavy atom. The molecule has 8 nitrogen and oxygen atoms in total. The number of piperidine rings is 1. The molecule has 8 heteroatoms. The number of benzene rings is 1. The van der Waals surface area contributed by atoms with E-state index in [1.165, 1.54) is 19.4 Å². The van der Waals surface area contributed by atoms with Crippen LogP contribution in [0.5, 0.6) is 0 Å². The van der Waals surface area contributed by atoms with Crippen molar-refractivity contribution >= 4 is 17.7 Å². The number of rotatable bonds is 8. The van der Waals surface area contributed by atoms with E-state index >= 15 is 0 Å². The molecule has 1 unspecified atom stereocenters. The molecule has 2 saturated heterocycles. The summed E-state index contributed by atoms with van der Waals surface area (Å²) in [5.41, 5.74) is 2.71. The quantitative estimate of drug-likeness (QED) is 0.416. The minimum atomic E-state index is -0.556. The molecule has 0 spiro atoms. The van der Waals surface area contributed by atoms with E-state index in [0.29, 0.717) is 18.5 Å². The van der Waals surface area contributed by atoms with Gasteiger partial charge in [-0.15, -0.1) is 0 Å². The van der Waals surface area contributed by atoms with E-state index < -0.39 is 6.04 Å². The Morgan fingerprint density at radius 2 is 2.00 bits per heavy atom. The van der Waals surface area contributed by atoms with Crippen molar-refractivity contribution in [2.24, 2.45) is 0 Å². The Hall–Kier alpha value is -2.29. The molecule has 3 aliphatic heterocycles. The average molecular weight is 428 g/mol. The van der Waals surface area contributed by atoms with Crippen molar-refractivity contribution in [3.8, 4) is 0 Å². The molecule has 0 radical (unpaired) electrons. The summed E-state index contributed by atoms with van der Waals surface area (Å²) < 4.78 is 0. The summed E-state index contributed by atoms with van der Waals surface area (Å²) in [5, 5.41) is 9.27. The van der Waals surface area contributed by atoms with Gasteiger partial charge in [0.15, 0.2) is 0 Å². The van der Waals surface area contributed by atoms with Crippen LogP contribution in [0.1, 0.15) is 53.6 Å². The first kappa shape index (κ1) is 21.9. The number of nitrogens with zero attached hydrogens (tertiary/aromatic N) is 2. The van der Waals surface area contributed by atoms with Crippen LogP contribution in [0.25, 0.3) is 0 Å². The lowest BCUT2D eigenvalue weighted by Crippen LogP contribution is -2.52. The van der Waals surface area contributed by atoms with Crippen molar-refractivity contribution in [3.05, 3.63) is 34.9 Å². The molecule has 3 N–H and O–H groups in total. The molecule has 0 saturated carbocycles. The van der Waals surface area contributed by atoms with E-state index in [1.807, 2.05) is 12.1 Å². The fourth-order valence-electron chi connectivity index (χ4n) is 4.66. The van der Waals surface area contributed by atoms with Gasteiger partial charge in [0.1, 0.15) is 6.04 Å². The second-order valence-electron chi connectivity index (χ2n) is 8.72. The van der Waals surface area contributed by atoms with Crippen LogP contribution in [0.3, 0.4) is 0 Å². The third-order valence-corrected chi connectivity index (χ3v) is 6.43. The van der Waals surface area contributed by atoms with E-state index in [2.05, 4.69) is 26.9 Å². The third-order valence-electron chi connectivity index (χ3n) is 6.43. The molecule has 2 fully saturated rings. The average Bonchev–Trinajstić information content (AvgIpc) is 2.92. The number of imide groups is 1. The van der Waals surface area contributed by atoms with Crippen LogP contribution in [0.4, 0.5) is 0 Å². The monoisotopic (exact) mass is 427 g/mol. The Kier molecular flexibility index (Phi) is 7.32. The largest absolute Gasteiger partial charge is 0.322 e. The first-order valence-electron chi connectivity index (χ1n) is 11.5. The van der Waals surface area contributed by atoms with Gasteiger partial charge in [0.25, 0.3) is 5.91 Å². The zero-order valence-corrected chi connectivity index (χ0v) is 18.1. The van der Waals surface area contributed by atoms with Gasteiger partial charge in [-0.3, -0.25) is 19.7 Å². The SMILES string of the molecule is O=C1CCC(N2Cc3ccc(CNCCCCN4CCCNCC4)cc3C2=O)C(=O)N1. The molecule has 3 amide bonds. The fourth-order valence-corrected chi connectivity index (χ4v) is 4.66. The topological polar surface area (TPSA) is 93.8 Å². The fraction of sp³-hybridized carbons (Fsp3) is 0.609. The highest BCUT2D eigenvalue weighted by molar-refractivity contribution is 6.05. The zero-order valence-electron chi connectivity index (χ0n) is 18.1. The molecule has 3 heterocycles. The number of carbonyl (C=O) groups is 3. The Bertz CT molecular complexity index is 819. The van der Waals surface area contributed by atoms with Gasteiger partial charge in [0.2, 0.25) is 11.8 Å². The van der Waals surface area contributed by atoms with Crippen molar-refractivity contribution in [3.63, 3.8) is 0 Å². The van der Waals surface area contributed by atoms with Crippen molar-refractivity contribution in [2.75, 3.05) is 39.3 Å². The number of hydrogen-bond donors (Lipinski definition) is 3. The lowest BCUT2D eigenvalue weighted by Gasteiger charge is -2.29. The predicted octanol–water partition coefficient (Wildman–Crippen LogP) is 0.613. The van der Waals surface area contributed by atoms with Crippen molar-refractivity contribution < 1.29 is 14.4 Å². The number of amides is 3. The molecule has 0 bridgehead atoms. The second kappa shape index (κ2) is 10.3. The van der Waals surface area contributed by atoms with Crippen LogP contribution in [0.2, 0.25) is 0 Å². The van der Waals surface area contributed by atoms with Gasteiger partial charge in [-0.2, -0.15) is 0 Å². The van der Waals surface area contributed by atoms with E-state index in [0.717, 1.165) is 56.8 Å². The number of unbranched alkanes of at least 4 members (excludes halogenated alkanes) is 1. The number of hydrogen-bond acceptors (Lipinski definition) is 6. The highest BCUT2D eigenvalue weighted by Crippen LogP contribution is 2.28. The van der Waals surface area contributed by atoms with Gasteiger partial charge in [0, 0.05) is 38.2 Å². The van der Waals surface area contributed by atoms with E-state index in [9.17, 15) is 14.4 Å². The molecular weight excluding hydrogens is 394 g/mol. The molecule has 4 rings (SSSR count). The molecule has 3 aliphatic rings. The molecular formula is C23H33N5O3. The Morgan fingerprint density at radius 3 is 2.87 bits per heavy atom. The molecule has 1 aromatic rings. The van der Waals surface area contributed by atoms with E-state index in [4.69, 9.17) is 0 Å². The summed E-state index contributed by atoms with van der Waals surface area (Å²) >= 11 is 0. The number of carbonyl (C=O) groups excluding carboxylic acids is 3. The van der Waals surface area contributed by atoms with Crippen LogP contribution >= 0.6 is 0 Å². The van der Waals surface area contributed by atoms with E-state index in [1.54, 1.807) is 4.90 Å². The van der Waals surface area contributed by atoms with Crippen LogP contribution in [0, 0.1) is 0 Å². The Balaban J connectivity index is 1.22. The predicted molar refractivity (Wildman–Crippen MR) is 117 cm³/mol. The van der Waals surface area contributed by atoms with Crippen molar-refractivity contribution in [1.82, 2.24) is 25.8 Å². The van der Waals surface area contributed by atoms with Crippen LogP contribution in [0.15, 0.2) is 18.2 Å². The lowest BCUT2D eigenvalue weighted by molar-refractivity contribution is -0.136. The van der Waals surface area contributed by atoms with Gasteiger partial charge in [-0.1, -0.05) is 12.1 Å².